The van der Waals surface area contributed by atoms with Gasteiger partial charge in [0.15, 0.2) is 0 Å². The molecular weight excluding hydrogens is 344 g/mol. The van der Waals surface area contributed by atoms with Gasteiger partial charge in [-0.05, 0) is 86.5 Å². The Bertz CT molecular complexity index is 781. The zero-order valence-electron chi connectivity index (χ0n) is 17.2. The monoisotopic (exact) mass is 378 g/mol. The summed E-state index contributed by atoms with van der Waals surface area (Å²) in [5.74, 6) is 1.12. The molecule has 0 radical (unpaired) electrons. The molecule has 7 rings (SSSR count). The van der Waals surface area contributed by atoms with E-state index in [1.165, 1.54) is 37.7 Å². The van der Waals surface area contributed by atoms with Crippen molar-refractivity contribution in [1.29, 1.82) is 0 Å². The highest BCUT2D eigenvalue weighted by molar-refractivity contribution is 5.84. The minimum absolute atomic E-state index is 0.131. The fourth-order valence-electron chi connectivity index (χ4n) is 8.80. The molecule has 6 atom stereocenters. The number of hydrogen-bond acceptors (Lipinski definition) is 2. The molecule has 150 valence electrons. The van der Waals surface area contributed by atoms with Crippen LogP contribution >= 0.6 is 0 Å². The van der Waals surface area contributed by atoms with Crippen molar-refractivity contribution < 1.29 is 4.79 Å². The normalized spacial score (nSPS) is 48.6. The summed E-state index contributed by atoms with van der Waals surface area (Å²) in [6.45, 7) is 2.47. The summed E-state index contributed by atoms with van der Waals surface area (Å²) in [6.07, 6.45) is 12.0. The van der Waals surface area contributed by atoms with Gasteiger partial charge < -0.3 is 10.6 Å². The molecule has 3 heteroatoms. The highest BCUT2D eigenvalue weighted by Crippen LogP contribution is 2.70. The van der Waals surface area contributed by atoms with Crippen LogP contribution in [0.25, 0.3) is 0 Å². The molecule has 4 aliphatic carbocycles. The van der Waals surface area contributed by atoms with Crippen molar-refractivity contribution in [2.24, 2.45) is 16.7 Å². The van der Waals surface area contributed by atoms with E-state index >= 15 is 0 Å². The average Bonchev–Trinajstić information content (AvgIpc) is 2.99. The average molecular weight is 379 g/mol. The Morgan fingerprint density at radius 2 is 1.75 bits per heavy atom. The largest absolute Gasteiger partial charge is 0.353 e. The Balaban J connectivity index is 1.30. The van der Waals surface area contributed by atoms with E-state index < -0.39 is 0 Å². The zero-order chi connectivity index (χ0) is 19.0. The minimum Gasteiger partial charge on any atom is -0.353 e. The number of rotatable bonds is 3. The first kappa shape index (κ1) is 17.5. The van der Waals surface area contributed by atoms with Crippen LogP contribution in [0.15, 0.2) is 30.3 Å². The van der Waals surface area contributed by atoms with Crippen molar-refractivity contribution in [1.82, 2.24) is 10.6 Å². The van der Waals surface area contributed by atoms with Crippen molar-refractivity contribution in [2.45, 2.75) is 94.7 Å². The van der Waals surface area contributed by atoms with Gasteiger partial charge in [-0.1, -0.05) is 37.3 Å². The lowest BCUT2D eigenvalue weighted by molar-refractivity contribution is -0.161. The second-order valence-corrected chi connectivity index (χ2v) is 11.5. The molecule has 4 saturated carbocycles. The Kier molecular flexibility index (Phi) is 3.65. The first-order valence-corrected chi connectivity index (χ1v) is 11.6. The van der Waals surface area contributed by atoms with Gasteiger partial charge in [-0.15, -0.1) is 0 Å². The molecule has 1 aromatic rings. The number of piperidine rings is 1. The van der Waals surface area contributed by atoms with Gasteiger partial charge in [0.2, 0.25) is 5.91 Å². The fourth-order valence-corrected chi connectivity index (χ4v) is 8.80. The predicted octanol–water partition coefficient (Wildman–Crippen LogP) is 4.31. The van der Waals surface area contributed by atoms with Crippen molar-refractivity contribution in [3.8, 4) is 0 Å². The van der Waals surface area contributed by atoms with E-state index in [9.17, 15) is 4.79 Å². The number of carbonyl (C=O) groups is 1. The van der Waals surface area contributed by atoms with Crippen molar-refractivity contribution in [3.63, 3.8) is 0 Å². The first-order valence-electron chi connectivity index (χ1n) is 11.6. The van der Waals surface area contributed by atoms with Gasteiger partial charge in [0, 0.05) is 18.1 Å². The smallest absolute Gasteiger partial charge is 0.226 e. The van der Waals surface area contributed by atoms with Crippen LogP contribution in [0.4, 0.5) is 0 Å². The number of nitrogens with one attached hydrogen (secondary N) is 2. The summed E-state index contributed by atoms with van der Waals surface area (Å²) in [5.41, 5.74) is 1.91. The second-order valence-electron chi connectivity index (χ2n) is 11.5. The molecule has 2 N–H and O–H groups in total. The van der Waals surface area contributed by atoms with E-state index in [1.807, 2.05) is 0 Å². The molecule has 4 unspecified atom stereocenters. The van der Waals surface area contributed by atoms with Gasteiger partial charge in [-0.3, -0.25) is 4.79 Å². The van der Waals surface area contributed by atoms with Gasteiger partial charge in [0.1, 0.15) is 0 Å². The molecular formula is C25H34N2O. The molecule has 6 bridgehead atoms. The quantitative estimate of drug-likeness (QED) is 0.823. The molecule has 0 spiro atoms. The maximum atomic E-state index is 13.8. The van der Waals surface area contributed by atoms with Gasteiger partial charge >= 0.3 is 0 Å². The SMILES string of the molecule is CC12CC3CC(C(=O)NC4C[C@H]5CC[C@H](C4)N5)(C1)CC(c1ccccc1)(C3)C2. The lowest BCUT2D eigenvalue weighted by atomic mass is 9.38. The van der Waals surface area contributed by atoms with Gasteiger partial charge in [0.05, 0.1) is 5.41 Å². The van der Waals surface area contributed by atoms with E-state index in [0.717, 1.165) is 38.0 Å². The van der Waals surface area contributed by atoms with Crippen LogP contribution < -0.4 is 10.6 Å². The molecule has 6 aliphatic rings. The third-order valence-electron chi connectivity index (χ3n) is 9.02. The molecule has 2 heterocycles. The van der Waals surface area contributed by atoms with Gasteiger partial charge in [-0.2, -0.15) is 0 Å². The van der Waals surface area contributed by atoms with Gasteiger partial charge in [0.25, 0.3) is 0 Å². The molecule has 2 saturated heterocycles. The lowest BCUT2D eigenvalue weighted by Crippen LogP contribution is -2.63. The summed E-state index contributed by atoms with van der Waals surface area (Å²) in [4.78, 5) is 13.8. The Hall–Kier alpha value is -1.35. The zero-order valence-corrected chi connectivity index (χ0v) is 17.2. The maximum Gasteiger partial charge on any atom is 0.226 e. The third-order valence-corrected chi connectivity index (χ3v) is 9.02. The minimum atomic E-state index is -0.131. The van der Waals surface area contributed by atoms with Crippen LogP contribution in [0.5, 0.6) is 0 Å². The number of benzene rings is 1. The molecule has 28 heavy (non-hydrogen) atoms. The first-order chi connectivity index (χ1) is 13.5. The van der Waals surface area contributed by atoms with Crippen molar-refractivity contribution in [3.05, 3.63) is 35.9 Å². The Labute approximate surface area is 169 Å². The van der Waals surface area contributed by atoms with Crippen LogP contribution in [0, 0.1) is 16.7 Å². The number of amides is 1. The second kappa shape index (κ2) is 5.84. The highest BCUT2D eigenvalue weighted by atomic mass is 16.2. The van der Waals surface area contributed by atoms with E-state index in [1.54, 1.807) is 0 Å². The molecule has 6 fully saturated rings. The third kappa shape index (κ3) is 2.61. The summed E-state index contributed by atoms with van der Waals surface area (Å²) in [5, 5.41) is 7.29. The summed E-state index contributed by atoms with van der Waals surface area (Å²) >= 11 is 0. The van der Waals surface area contributed by atoms with Crippen LogP contribution in [0.2, 0.25) is 0 Å². The topological polar surface area (TPSA) is 41.1 Å². The van der Waals surface area contributed by atoms with Gasteiger partial charge in [-0.25, -0.2) is 0 Å². The highest BCUT2D eigenvalue weighted by Gasteiger charge is 2.64. The van der Waals surface area contributed by atoms with Crippen LogP contribution in [-0.4, -0.2) is 24.0 Å². The number of fused-ring (bicyclic) bond motifs is 2. The molecule has 1 amide bonds. The number of hydrogen-bond donors (Lipinski definition) is 2. The summed E-state index contributed by atoms with van der Waals surface area (Å²) < 4.78 is 0. The van der Waals surface area contributed by atoms with Crippen LogP contribution in [-0.2, 0) is 10.2 Å². The van der Waals surface area contributed by atoms with E-state index in [0.29, 0.717) is 29.4 Å². The molecule has 2 aliphatic heterocycles. The maximum absolute atomic E-state index is 13.8. The van der Waals surface area contributed by atoms with E-state index in [-0.39, 0.29) is 10.8 Å². The van der Waals surface area contributed by atoms with Crippen LogP contribution in [0.3, 0.4) is 0 Å². The Morgan fingerprint density at radius 1 is 1.00 bits per heavy atom. The fraction of sp³-hybridized carbons (Fsp3) is 0.720. The predicted molar refractivity (Wildman–Crippen MR) is 111 cm³/mol. The van der Waals surface area contributed by atoms with Crippen molar-refractivity contribution in [2.75, 3.05) is 0 Å². The van der Waals surface area contributed by atoms with E-state index in [4.69, 9.17) is 0 Å². The standard InChI is InChI=1S/C25H34N2O/c1-23-11-17-12-24(14-23,18-5-3-2-4-6-18)16-25(13-17,15-23)22(28)27-21-9-19-7-8-20(10-21)26-19/h2-6,17,19-21,26H,7-16H2,1H3,(H,27,28)/t17?,19-,20-,23?,24?,25?/m1/s1. The molecule has 0 aromatic heterocycles. The van der Waals surface area contributed by atoms with E-state index in [2.05, 4.69) is 47.9 Å². The molecule has 3 nitrogen and oxygen atoms in total. The molecule has 1 aromatic carbocycles. The van der Waals surface area contributed by atoms with Crippen LogP contribution in [0.1, 0.15) is 76.7 Å². The summed E-state index contributed by atoms with van der Waals surface area (Å²) in [6, 6.07) is 12.8. The number of carbonyl (C=O) groups excluding carboxylic acids is 1. The summed E-state index contributed by atoms with van der Waals surface area (Å²) in [7, 11) is 0. The lowest BCUT2D eigenvalue weighted by Gasteiger charge is -2.65. The van der Waals surface area contributed by atoms with Crippen molar-refractivity contribution >= 4 is 5.91 Å². The Morgan fingerprint density at radius 3 is 2.46 bits per heavy atom.